The van der Waals surface area contributed by atoms with Crippen LogP contribution in [0, 0.1) is 0 Å². The minimum Gasteiger partial charge on any atom is -0.345 e. The average molecular weight is 401 g/mol. The Kier molecular flexibility index (Phi) is 6.46. The molecule has 2 N–H and O–H groups in total. The Morgan fingerprint density at radius 1 is 1.12 bits per heavy atom. The number of carbonyl (C=O) groups excluding carboxylic acids is 1. The van der Waals surface area contributed by atoms with Gasteiger partial charge in [-0.05, 0) is 48.9 Å². The summed E-state index contributed by atoms with van der Waals surface area (Å²) in [4.78, 5) is 12.5. The molecule has 0 aliphatic heterocycles. The van der Waals surface area contributed by atoms with Gasteiger partial charge < -0.3 is 5.32 Å². The Bertz CT molecular complexity index is 868. The lowest BCUT2D eigenvalue weighted by Gasteiger charge is -2.16. The van der Waals surface area contributed by atoms with Gasteiger partial charge in [0.1, 0.15) is 0 Å². The average Bonchev–Trinajstić information content (AvgIpc) is 2.54. The summed E-state index contributed by atoms with van der Waals surface area (Å²) in [6, 6.07) is 10.5. The third-order valence-corrected chi connectivity index (χ3v) is 5.66. The summed E-state index contributed by atoms with van der Waals surface area (Å²) in [7, 11) is -3.54. The SMILES string of the molecule is CCNS(=O)(=O)c1ccc(C(=O)N[C@H](C)c2ccc(Cl)cc2Cl)cc1. The van der Waals surface area contributed by atoms with Gasteiger partial charge in [-0.3, -0.25) is 4.79 Å². The third kappa shape index (κ3) is 4.95. The van der Waals surface area contributed by atoms with Crippen LogP contribution in [0.5, 0.6) is 0 Å². The van der Waals surface area contributed by atoms with Crippen LogP contribution in [0.25, 0.3) is 0 Å². The summed E-state index contributed by atoms with van der Waals surface area (Å²) in [5, 5.41) is 3.81. The van der Waals surface area contributed by atoms with E-state index < -0.39 is 10.0 Å². The van der Waals surface area contributed by atoms with Crippen LogP contribution in [0.4, 0.5) is 0 Å². The van der Waals surface area contributed by atoms with Crippen LogP contribution in [0.3, 0.4) is 0 Å². The molecule has 5 nitrogen and oxygen atoms in total. The van der Waals surface area contributed by atoms with Crippen LogP contribution in [0.1, 0.15) is 35.8 Å². The van der Waals surface area contributed by atoms with Crippen molar-refractivity contribution >= 4 is 39.1 Å². The summed E-state index contributed by atoms with van der Waals surface area (Å²) >= 11 is 12.0. The molecule has 0 heterocycles. The van der Waals surface area contributed by atoms with Crippen LogP contribution in [-0.2, 0) is 10.0 Å². The molecule has 134 valence electrons. The van der Waals surface area contributed by atoms with Gasteiger partial charge in [0.25, 0.3) is 5.91 Å². The molecule has 1 atom stereocenters. The largest absolute Gasteiger partial charge is 0.345 e. The first-order valence-electron chi connectivity index (χ1n) is 7.60. The molecule has 0 saturated heterocycles. The molecule has 0 aliphatic rings. The van der Waals surface area contributed by atoms with Crippen molar-refractivity contribution in [2.24, 2.45) is 0 Å². The topological polar surface area (TPSA) is 75.3 Å². The Hall–Kier alpha value is -1.60. The van der Waals surface area contributed by atoms with Crippen LogP contribution in [0.15, 0.2) is 47.4 Å². The molecule has 25 heavy (non-hydrogen) atoms. The molecule has 0 spiro atoms. The summed E-state index contributed by atoms with van der Waals surface area (Å²) in [5.74, 6) is -0.328. The Morgan fingerprint density at radius 3 is 2.32 bits per heavy atom. The maximum Gasteiger partial charge on any atom is 0.251 e. The number of hydrogen-bond acceptors (Lipinski definition) is 3. The van der Waals surface area contributed by atoms with E-state index in [4.69, 9.17) is 23.2 Å². The second-order valence-corrected chi connectivity index (χ2v) is 8.00. The molecule has 8 heteroatoms. The van der Waals surface area contributed by atoms with E-state index in [0.29, 0.717) is 22.2 Å². The van der Waals surface area contributed by atoms with Crippen molar-refractivity contribution < 1.29 is 13.2 Å². The molecular weight excluding hydrogens is 383 g/mol. The van der Waals surface area contributed by atoms with Crippen LogP contribution < -0.4 is 10.0 Å². The third-order valence-electron chi connectivity index (χ3n) is 3.54. The molecule has 2 aromatic rings. The van der Waals surface area contributed by atoms with Gasteiger partial charge in [0.2, 0.25) is 10.0 Å². The predicted octanol–water partition coefficient (Wildman–Crippen LogP) is 3.78. The van der Waals surface area contributed by atoms with Gasteiger partial charge in [-0.25, -0.2) is 13.1 Å². The number of carbonyl (C=O) groups is 1. The van der Waals surface area contributed by atoms with Crippen molar-refractivity contribution in [3.8, 4) is 0 Å². The first kappa shape index (κ1) is 19.7. The van der Waals surface area contributed by atoms with Crippen LogP contribution in [-0.4, -0.2) is 20.9 Å². The highest BCUT2D eigenvalue weighted by atomic mass is 35.5. The van der Waals surface area contributed by atoms with Crippen LogP contribution >= 0.6 is 23.2 Å². The van der Waals surface area contributed by atoms with Gasteiger partial charge >= 0.3 is 0 Å². The van der Waals surface area contributed by atoms with Gasteiger partial charge in [0.05, 0.1) is 10.9 Å². The number of hydrogen-bond donors (Lipinski definition) is 2. The van der Waals surface area contributed by atoms with Gasteiger partial charge in [0.15, 0.2) is 0 Å². The molecule has 0 fully saturated rings. The zero-order valence-corrected chi connectivity index (χ0v) is 16.0. The molecule has 2 aromatic carbocycles. The number of benzene rings is 2. The lowest BCUT2D eigenvalue weighted by Crippen LogP contribution is -2.27. The number of rotatable bonds is 6. The Morgan fingerprint density at radius 2 is 1.76 bits per heavy atom. The lowest BCUT2D eigenvalue weighted by molar-refractivity contribution is 0.0940. The molecule has 0 bridgehead atoms. The summed E-state index contributed by atoms with van der Waals surface area (Å²) in [5.41, 5.74) is 1.10. The molecule has 2 rings (SSSR count). The molecular formula is C17H18Cl2N2O3S. The molecule has 0 aromatic heterocycles. The normalized spacial score (nSPS) is 12.6. The molecule has 0 radical (unpaired) electrons. The van der Waals surface area contributed by atoms with Crippen molar-refractivity contribution in [2.75, 3.05) is 6.54 Å². The minimum atomic E-state index is -3.54. The fourth-order valence-electron chi connectivity index (χ4n) is 2.27. The molecule has 0 aliphatic carbocycles. The maximum atomic E-state index is 12.3. The first-order valence-corrected chi connectivity index (χ1v) is 9.84. The standard InChI is InChI=1S/C17H18Cl2N2O3S/c1-3-20-25(23,24)14-7-4-12(5-8-14)17(22)21-11(2)15-9-6-13(18)10-16(15)19/h4-11,20H,3H2,1-2H3,(H,21,22)/t11-/m1/s1. The quantitative estimate of drug-likeness (QED) is 0.774. The first-order chi connectivity index (χ1) is 11.7. The lowest BCUT2D eigenvalue weighted by atomic mass is 10.1. The van der Waals surface area contributed by atoms with Gasteiger partial charge in [-0.15, -0.1) is 0 Å². The number of nitrogens with one attached hydrogen (secondary N) is 2. The minimum absolute atomic E-state index is 0.111. The Labute approximate surface area is 157 Å². The number of amides is 1. The fourth-order valence-corrected chi connectivity index (χ4v) is 3.88. The molecule has 0 unspecified atom stereocenters. The van der Waals surface area contributed by atoms with Gasteiger partial charge in [-0.2, -0.15) is 0 Å². The van der Waals surface area contributed by atoms with E-state index in [1.54, 1.807) is 32.0 Å². The van der Waals surface area contributed by atoms with Crippen molar-refractivity contribution in [3.63, 3.8) is 0 Å². The van der Waals surface area contributed by atoms with Crippen molar-refractivity contribution in [2.45, 2.75) is 24.8 Å². The van der Waals surface area contributed by atoms with Crippen molar-refractivity contribution in [1.29, 1.82) is 0 Å². The monoisotopic (exact) mass is 400 g/mol. The number of halogens is 2. The highest BCUT2D eigenvalue weighted by Crippen LogP contribution is 2.26. The van der Waals surface area contributed by atoms with Crippen molar-refractivity contribution in [3.05, 3.63) is 63.6 Å². The van der Waals surface area contributed by atoms with E-state index >= 15 is 0 Å². The second kappa shape index (κ2) is 8.19. The molecule has 1 amide bonds. The zero-order chi connectivity index (χ0) is 18.6. The van der Waals surface area contributed by atoms with E-state index in [2.05, 4.69) is 10.0 Å². The second-order valence-electron chi connectivity index (χ2n) is 5.39. The summed E-state index contributed by atoms with van der Waals surface area (Å²) < 4.78 is 26.2. The van der Waals surface area contributed by atoms with E-state index in [-0.39, 0.29) is 16.8 Å². The number of sulfonamides is 1. The van der Waals surface area contributed by atoms with E-state index in [1.165, 1.54) is 24.3 Å². The van der Waals surface area contributed by atoms with Gasteiger partial charge in [0, 0.05) is 22.2 Å². The van der Waals surface area contributed by atoms with E-state index in [1.807, 2.05) is 0 Å². The van der Waals surface area contributed by atoms with Crippen molar-refractivity contribution in [1.82, 2.24) is 10.0 Å². The predicted molar refractivity (Wildman–Crippen MR) is 99.6 cm³/mol. The summed E-state index contributed by atoms with van der Waals surface area (Å²) in [6.07, 6.45) is 0. The summed E-state index contributed by atoms with van der Waals surface area (Å²) in [6.45, 7) is 3.80. The van der Waals surface area contributed by atoms with E-state index in [0.717, 1.165) is 5.56 Å². The maximum absolute atomic E-state index is 12.3. The van der Waals surface area contributed by atoms with Crippen LogP contribution in [0.2, 0.25) is 10.0 Å². The van der Waals surface area contributed by atoms with Gasteiger partial charge in [-0.1, -0.05) is 36.2 Å². The highest BCUT2D eigenvalue weighted by molar-refractivity contribution is 7.89. The highest BCUT2D eigenvalue weighted by Gasteiger charge is 2.16. The molecule has 0 saturated carbocycles. The Balaban J connectivity index is 2.13. The zero-order valence-electron chi connectivity index (χ0n) is 13.7. The van der Waals surface area contributed by atoms with E-state index in [9.17, 15) is 13.2 Å². The smallest absolute Gasteiger partial charge is 0.251 e. The fraction of sp³-hybridized carbons (Fsp3) is 0.235.